The lowest BCUT2D eigenvalue weighted by Gasteiger charge is -2.20. The van der Waals surface area contributed by atoms with Crippen LogP contribution >= 0.6 is 0 Å². The first kappa shape index (κ1) is 24.4. The van der Waals surface area contributed by atoms with E-state index in [2.05, 4.69) is 4.98 Å². The van der Waals surface area contributed by atoms with E-state index in [4.69, 9.17) is 10.5 Å². The number of nitrogens with one attached hydrogen (secondary N) is 1. The zero-order valence-electron chi connectivity index (χ0n) is 16.4. The predicted octanol–water partition coefficient (Wildman–Crippen LogP) is 3.99. The number of aromatic nitrogens is 1. The van der Waals surface area contributed by atoms with E-state index in [0.717, 1.165) is 0 Å². The molecule has 2 unspecified atom stereocenters. The smallest absolute Gasteiger partial charge is 0.398 e. The van der Waals surface area contributed by atoms with E-state index in [1.54, 1.807) is 0 Å². The number of ether oxygens (including phenoxy) is 1. The van der Waals surface area contributed by atoms with Crippen LogP contribution < -0.4 is 15.8 Å². The molecule has 2 atom stereocenters. The van der Waals surface area contributed by atoms with Gasteiger partial charge in [-0.05, 0) is 30.3 Å². The van der Waals surface area contributed by atoms with Gasteiger partial charge in [0.15, 0.2) is 0 Å². The minimum atomic E-state index is -4.49. The first-order chi connectivity index (χ1) is 14.6. The monoisotopic (exact) mass is 449 g/mol. The maximum atomic E-state index is 13.2. The number of hydrogen-bond acceptors (Lipinski definition) is 4. The summed E-state index contributed by atoms with van der Waals surface area (Å²) in [6.07, 6.45) is -6.68. The number of carbonyl (C=O) groups is 1. The van der Waals surface area contributed by atoms with E-state index in [1.807, 2.05) is 12.2 Å². The molecule has 2 aromatic rings. The van der Waals surface area contributed by atoms with Crippen molar-refractivity contribution in [1.29, 1.82) is 0 Å². The number of fused-ring (bicyclic) bond motifs is 1. The summed E-state index contributed by atoms with van der Waals surface area (Å²) in [7, 11) is 0. The molecule has 0 saturated heterocycles. The Kier molecular flexibility index (Phi) is 8.26. The van der Waals surface area contributed by atoms with Crippen LogP contribution in [0.15, 0.2) is 30.3 Å². The summed E-state index contributed by atoms with van der Waals surface area (Å²) < 4.78 is 80.5. The normalized spacial score (nSPS) is 16.1. The SMILES string of the molecule is CC1COc2c1cc(C(CN)C(F)(F)F)nc2-c1ccc(F)cc1.O=CNCC(F)F. The predicted molar refractivity (Wildman–Crippen MR) is 101 cm³/mol. The second-order valence-corrected chi connectivity index (χ2v) is 6.78. The second kappa shape index (κ2) is 10.5. The molecule has 31 heavy (non-hydrogen) atoms. The van der Waals surface area contributed by atoms with Gasteiger partial charge < -0.3 is 15.8 Å². The summed E-state index contributed by atoms with van der Waals surface area (Å²) in [6, 6.07) is 6.83. The van der Waals surface area contributed by atoms with Crippen molar-refractivity contribution in [3.63, 3.8) is 0 Å². The molecule has 0 radical (unpaired) electrons. The molecular weight excluding hydrogens is 428 g/mol. The molecule has 3 rings (SSSR count). The van der Waals surface area contributed by atoms with Gasteiger partial charge in [0.25, 0.3) is 6.43 Å². The molecule has 1 aliphatic heterocycles. The van der Waals surface area contributed by atoms with E-state index >= 15 is 0 Å². The van der Waals surface area contributed by atoms with Crippen molar-refractivity contribution >= 4 is 6.41 Å². The lowest BCUT2D eigenvalue weighted by Crippen LogP contribution is -2.29. The van der Waals surface area contributed by atoms with Gasteiger partial charge in [-0.3, -0.25) is 4.79 Å². The summed E-state index contributed by atoms with van der Waals surface area (Å²) >= 11 is 0. The summed E-state index contributed by atoms with van der Waals surface area (Å²) in [4.78, 5) is 13.4. The summed E-state index contributed by atoms with van der Waals surface area (Å²) in [6.45, 7) is 1.10. The molecule has 1 aromatic heterocycles. The molecular formula is C20H21F6N3O2. The van der Waals surface area contributed by atoms with Gasteiger partial charge in [0, 0.05) is 23.6 Å². The summed E-state index contributed by atoms with van der Waals surface area (Å²) in [5, 5.41) is 1.82. The van der Waals surface area contributed by atoms with Crippen molar-refractivity contribution in [2.75, 3.05) is 19.7 Å². The van der Waals surface area contributed by atoms with Gasteiger partial charge in [-0.1, -0.05) is 6.92 Å². The van der Waals surface area contributed by atoms with Crippen molar-refractivity contribution in [1.82, 2.24) is 10.3 Å². The van der Waals surface area contributed by atoms with Crippen LogP contribution in [0.3, 0.4) is 0 Å². The molecule has 0 fully saturated rings. The molecule has 1 amide bonds. The Hall–Kier alpha value is -2.82. The molecule has 11 heteroatoms. The molecule has 170 valence electrons. The number of amides is 1. The lowest BCUT2D eigenvalue weighted by molar-refractivity contribution is -0.148. The summed E-state index contributed by atoms with van der Waals surface area (Å²) in [5.41, 5.74) is 6.66. The van der Waals surface area contributed by atoms with Crippen LogP contribution in [-0.4, -0.2) is 43.7 Å². The van der Waals surface area contributed by atoms with Crippen LogP contribution in [0.4, 0.5) is 26.3 Å². The Morgan fingerprint density at radius 1 is 1.29 bits per heavy atom. The highest BCUT2D eigenvalue weighted by molar-refractivity contribution is 5.70. The maximum Gasteiger partial charge on any atom is 0.398 e. The molecule has 5 nitrogen and oxygen atoms in total. The Labute approximate surface area is 174 Å². The number of halogens is 6. The van der Waals surface area contributed by atoms with Crippen molar-refractivity contribution in [3.8, 4) is 17.0 Å². The number of alkyl halides is 5. The van der Waals surface area contributed by atoms with Gasteiger partial charge in [-0.15, -0.1) is 0 Å². The number of rotatable bonds is 6. The van der Waals surface area contributed by atoms with Crippen molar-refractivity contribution in [2.45, 2.75) is 31.4 Å². The van der Waals surface area contributed by atoms with E-state index < -0.39 is 37.4 Å². The Bertz CT molecular complexity index is 874. The van der Waals surface area contributed by atoms with Crippen molar-refractivity contribution < 1.29 is 35.9 Å². The van der Waals surface area contributed by atoms with Crippen molar-refractivity contribution in [2.24, 2.45) is 5.73 Å². The average molecular weight is 449 g/mol. The topological polar surface area (TPSA) is 77.2 Å². The van der Waals surface area contributed by atoms with Gasteiger partial charge >= 0.3 is 6.18 Å². The van der Waals surface area contributed by atoms with Gasteiger partial charge in [-0.2, -0.15) is 13.2 Å². The van der Waals surface area contributed by atoms with Crippen LogP contribution in [0.25, 0.3) is 11.3 Å². The quantitative estimate of drug-likeness (QED) is 0.517. The Morgan fingerprint density at radius 2 is 1.94 bits per heavy atom. The third-order valence-electron chi connectivity index (χ3n) is 4.49. The highest BCUT2D eigenvalue weighted by atomic mass is 19.4. The highest BCUT2D eigenvalue weighted by Crippen LogP contribution is 2.43. The van der Waals surface area contributed by atoms with Gasteiger partial charge in [-0.25, -0.2) is 18.2 Å². The number of pyridine rings is 1. The van der Waals surface area contributed by atoms with Gasteiger partial charge in [0.1, 0.15) is 23.2 Å². The van der Waals surface area contributed by atoms with Crippen LogP contribution in [-0.2, 0) is 4.79 Å². The number of carbonyl (C=O) groups excluding carboxylic acids is 1. The van der Waals surface area contributed by atoms with Crippen molar-refractivity contribution in [3.05, 3.63) is 47.4 Å². The van der Waals surface area contributed by atoms with Crippen LogP contribution in [0.1, 0.15) is 30.0 Å². The zero-order valence-corrected chi connectivity index (χ0v) is 16.4. The lowest BCUT2D eigenvalue weighted by atomic mass is 9.95. The van der Waals surface area contributed by atoms with E-state index in [0.29, 0.717) is 23.5 Å². The van der Waals surface area contributed by atoms with Crippen LogP contribution in [0.2, 0.25) is 0 Å². The largest absolute Gasteiger partial charge is 0.490 e. The minimum absolute atomic E-state index is 0.0485. The fourth-order valence-corrected chi connectivity index (χ4v) is 2.93. The third-order valence-corrected chi connectivity index (χ3v) is 4.49. The molecule has 0 saturated carbocycles. The third kappa shape index (κ3) is 6.33. The number of hydrogen-bond donors (Lipinski definition) is 2. The fourth-order valence-electron chi connectivity index (χ4n) is 2.93. The molecule has 0 bridgehead atoms. The van der Waals surface area contributed by atoms with Crippen LogP contribution in [0.5, 0.6) is 5.75 Å². The number of benzene rings is 1. The average Bonchev–Trinajstić information content (AvgIpc) is 3.07. The number of nitrogens with two attached hydrogens (primary N) is 1. The first-order valence-corrected chi connectivity index (χ1v) is 9.24. The highest BCUT2D eigenvalue weighted by Gasteiger charge is 2.42. The maximum absolute atomic E-state index is 13.2. The molecule has 1 aliphatic rings. The van der Waals surface area contributed by atoms with E-state index in [-0.39, 0.29) is 23.7 Å². The minimum Gasteiger partial charge on any atom is -0.490 e. The molecule has 0 spiro atoms. The molecule has 1 aromatic carbocycles. The van der Waals surface area contributed by atoms with E-state index in [1.165, 1.54) is 30.3 Å². The standard InChI is InChI=1S/C17H16F4N2O.C3H5F2NO/c1-9-8-24-16-12(9)6-14(13(7-22)17(19,20)21)23-15(16)10-2-4-11(18)5-3-10;4-3(5)1-6-2-7/h2-6,9,13H,7-8,22H2,1H3;2-3H,1H2,(H,6,7). The van der Waals surface area contributed by atoms with Gasteiger partial charge in [0.05, 0.1) is 18.8 Å². The first-order valence-electron chi connectivity index (χ1n) is 9.24. The zero-order chi connectivity index (χ0) is 23.2. The molecule has 2 heterocycles. The molecule has 3 N–H and O–H groups in total. The molecule has 0 aliphatic carbocycles. The summed E-state index contributed by atoms with van der Waals surface area (Å²) in [5.74, 6) is -1.88. The van der Waals surface area contributed by atoms with E-state index in [9.17, 15) is 31.1 Å². The van der Waals surface area contributed by atoms with Crippen LogP contribution in [0, 0.1) is 5.82 Å². The Morgan fingerprint density at radius 3 is 2.42 bits per heavy atom. The fraction of sp³-hybridized carbons (Fsp3) is 0.400. The second-order valence-electron chi connectivity index (χ2n) is 6.78. The number of nitrogens with zero attached hydrogens (tertiary/aromatic N) is 1. The Balaban J connectivity index is 0.000000423. The van der Waals surface area contributed by atoms with Gasteiger partial charge in [0.2, 0.25) is 6.41 Å².